The molecule has 0 aromatic heterocycles. The summed E-state index contributed by atoms with van der Waals surface area (Å²) in [7, 11) is 0. The molecular weight excluding hydrogens is 373 g/mol. The van der Waals surface area contributed by atoms with Gasteiger partial charge in [-0.2, -0.15) is 0 Å². The van der Waals surface area contributed by atoms with Crippen molar-refractivity contribution in [2.24, 2.45) is 0 Å². The first-order chi connectivity index (χ1) is 12.2. The third kappa shape index (κ3) is 4.82. The molecule has 2 nitrogen and oxygen atoms in total. The molecule has 3 aromatic rings. The topological polar surface area (TPSA) is 26.1 Å². The van der Waals surface area contributed by atoms with Crippen molar-refractivity contribution in [2.45, 2.75) is 17.8 Å². The predicted octanol–water partition coefficient (Wildman–Crippen LogP) is 3.78. The van der Waals surface area contributed by atoms with Crippen molar-refractivity contribution in [3.8, 4) is 0 Å². The van der Waals surface area contributed by atoms with Crippen LogP contribution in [0.4, 0.5) is 0 Å². The molecule has 2 atom stereocenters. The van der Waals surface area contributed by atoms with E-state index in [1.807, 2.05) is 61.5 Å². The van der Waals surface area contributed by atoms with Gasteiger partial charge in [-0.05, 0) is 0 Å². The molecule has 3 aromatic carbocycles. The fraction of sp³-hybridized carbons (Fsp3) is 0.136. The zero-order valence-electron chi connectivity index (χ0n) is 14.2. The average Bonchev–Trinajstić information content (AvgIpc) is 2.68. The van der Waals surface area contributed by atoms with Gasteiger partial charge in [-0.1, -0.05) is 0 Å². The average molecular weight is 394 g/mol. The molecule has 0 spiro atoms. The summed E-state index contributed by atoms with van der Waals surface area (Å²) in [6.07, 6.45) is 1.70. The van der Waals surface area contributed by atoms with E-state index >= 15 is 0 Å². The number of hydrogen-bond acceptors (Lipinski definition) is 1. The van der Waals surface area contributed by atoms with Crippen LogP contribution in [-0.4, -0.2) is 32.0 Å². The Bertz CT molecular complexity index is 803. The van der Waals surface area contributed by atoms with Gasteiger partial charge < -0.3 is 0 Å². The molecule has 0 N–H and O–H groups in total. The summed E-state index contributed by atoms with van der Waals surface area (Å²) in [6, 6.07) is 30.5. The molecule has 0 saturated heterocycles. The molecule has 0 fully saturated rings. The van der Waals surface area contributed by atoms with Crippen LogP contribution in [0.25, 0.3) is 0 Å². The molecule has 0 radical (unpaired) electrons. The zero-order valence-corrected chi connectivity index (χ0v) is 15.9. The molecule has 0 aliphatic heterocycles. The summed E-state index contributed by atoms with van der Waals surface area (Å²) in [5.41, 5.74) is 2.16. The van der Waals surface area contributed by atoms with E-state index < -0.39 is 0 Å². The second-order valence-corrected chi connectivity index (χ2v) is 8.45. The Morgan fingerprint density at radius 2 is 1.32 bits per heavy atom. The predicted molar refractivity (Wildman–Crippen MR) is 106 cm³/mol. The van der Waals surface area contributed by atoms with Crippen molar-refractivity contribution in [1.29, 1.82) is 0 Å². The number of hydroxylamine groups is 1. The molecule has 126 valence electrons. The summed E-state index contributed by atoms with van der Waals surface area (Å²) in [5, 5.41) is 12.8. The van der Waals surface area contributed by atoms with Crippen LogP contribution in [-0.2, 0) is 0 Å². The van der Waals surface area contributed by atoms with E-state index in [0.29, 0.717) is 0 Å². The van der Waals surface area contributed by atoms with E-state index in [9.17, 15) is 5.21 Å². The first kappa shape index (κ1) is 17.5. The standard InChI is InChI=1S/C22H21NOSe/c1-18(23(24)17-19-11-5-2-6-12-19)22(20-13-7-3-8-14-20)25-21-15-9-4-10-16-21/h2-18,22H,1H3/b23-17-. The SMILES string of the molecule is CC(C([Se]c1ccccc1)c1ccccc1)/[N+]([O-])=C/c1ccccc1. The van der Waals surface area contributed by atoms with Crippen LogP contribution in [0.15, 0.2) is 91.0 Å². The van der Waals surface area contributed by atoms with E-state index in [4.69, 9.17) is 0 Å². The van der Waals surface area contributed by atoms with Crippen LogP contribution in [0, 0.1) is 5.21 Å². The Hall–Kier alpha value is -2.35. The van der Waals surface area contributed by atoms with E-state index in [0.717, 1.165) is 10.3 Å². The van der Waals surface area contributed by atoms with Gasteiger partial charge >= 0.3 is 155 Å². The van der Waals surface area contributed by atoms with Crippen LogP contribution < -0.4 is 4.46 Å². The van der Waals surface area contributed by atoms with Crippen molar-refractivity contribution in [2.75, 3.05) is 0 Å². The molecule has 0 amide bonds. The van der Waals surface area contributed by atoms with Gasteiger partial charge in [-0.15, -0.1) is 0 Å². The van der Waals surface area contributed by atoms with Gasteiger partial charge in [0.2, 0.25) is 0 Å². The van der Waals surface area contributed by atoms with Crippen molar-refractivity contribution < 1.29 is 4.74 Å². The van der Waals surface area contributed by atoms with Crippen LogP contribution in [0.5, 0.6) is 0 Å². The molecule has 0 aliphatic carbocycles. The molecule has 25 heavy (non-hydrogen) atoms. The second-order valence-electron chi connectivity index (χ2n) is 5.90. The summed E-state index contributed by atoms with van der Waals surface area (Å²) in [4.78, 5) is 0.188. The van der Waals surface area contributed by atoms with Crippen molar-refractivity contribution in [3.63, 3.8) is 0 Å². The number of benzene rings is 3. The van der Waals surface area contributed by atoms with Crippen molar-refractivity contribution in [3.05, 3.63) is 107 Å². The van der Waals surface area contributed by atoms with E-state index in [1.165, 1.54) is 10.0 Å². The first-order valence-corrected chi connectivity index (χ1v) is 10.2. The molecule has 3 heteroatoms. The van der Waals surface area contributed by atoms with Gasteiger partial charge in [0.15, 0.2) is 0 Å². The Morgan fingerprint density at radius 3 is 1.92 bits per heavy atom. The fourth-order valence-electron chi connectivity index (χ4n) is 2.67. The summed E-state index contributed by atoms with van der Waals surface area (Å²) in [6.45, 7) is 2.02. The van der Waals surface area contributed by atoms with Gasteiger partial charge in [-0.3, -0.25) is 0 Å². The monoisotopic (exact) mass is 395 g/mol. The number of nitrogens with zero attached hydrogens (tertiary/aromatic N) is 1. The summed E-state index contributed by atoms with van der Waals surface area (Å²) >= 11 is 0.176. The van der Waals surface area contributed by atoms with Gasteiger partial charge in [0.25, 0.3) is 0 Å². The molecule has 0 bridgehead atoms. The molecule has 2 unspecified atom stereocenters. The zero-order chi connectivity index (χ0) is 17.5. The van der Waals surface area contributed by atoms with E-state index in [-0.39, 0.29) is 25.8 Å². The number of rotatable bonds is 6. The van der Waals surface area contributed by atoms with Crippen LogP contribution in [0.3, 0.4) is 0 Å². The van der Waals surface area contributed by atoms with Crippen molar-refractivity contribution in [1.82, 2.24) is 0 Å². The Balaban J connectivity index is 1.89. The fourth-order valence-corrected chi connectivity index (χ4v) is 5.23. The molecular formula is C22H21NOSe. The number of hydrogen-bond donors (Lipinski definition) is 0. The molecule has 3 rings (SSSR count). The van der Waals surface area contributed by atoms with Crippen molar-refractivity contribution >= 4 is 25.6 Å². The Morgan fingerprint density at radius 1 is 0.800 bits per heavy atom. The van der Waals surface area contributed by atoms with Crippen LogP contribution >= 0.6 is 0 Å². The third-order valence-electron chi connectivity index (χ3n) is 4.05. The maximum atomic E-state index is 12.8. The summed E-state index contributed by atoms with van der Waals surface area (Å²) < 4.78 is 2.42. The van der Waals surface area contributed by atoms with Gasteiger partial charge in [0.05, 0.1) is 0 Å². The Kier molecular flexibility index (Phi) is 6.05. The minimum absolute atomic E-state index is 0.136. The summed E-state index contributed by atoms with van der Waals surface area (Å²) in [5.74, 6) is 0. The molecule has 0 heterocycles. The van der Waals surface area contributed by atoms with Crippen LogP contribution in [0.1, 0.15) is 22.9 Å². The van der Waals surface area contributed by atoms with E-state index in [2.05, 4.69) is 36.4 Å². The van der Waals surface area contributed by atoms with Gasteiger partial charge in [0, 0.05) is 0 Å². The minimum atomic E-state index is -0.136. The normalized spacial score (nSPS) is 14.0. The second kappa shape index (κ2) is 8.66. The Labute approximate surface area is 155 Å². The maximum absolute atomic E-state index is 12.8. The molecule has 0 saturated carbocycles. The quantitative estimate of drug-likeness (QED) is 0.206. The van der Waals surface area contributed by atoms with Gasteiger partial charge in [-0.25, -0.2) is 0 Å². The third-order valence-corrected chi connectivity index (χ3v) is 7.12. The van der Waals surface area contributed by atoms with Crippen LogP contribution in [0.2, 0.25) is 0 Å². The first-order valence-electron chi connectivity index (χ1n) is 8.36. The molecule has 0 aliphatic rings. The van der Waals surface area contributed by atoms with E-state index in [1.54, 1.807) is 6.21 Å². The van der Waals surface area contributed by atoms with Gasteiger partial charge in [0.1, 0.15) is 0 Å².